The lowest BCUT2D eigenvalue weighted by Gasteiger charge is -2.30. The quantitative estimate of drug-likeness (QED) is 0.726. The fraction of sp³-hybridized carbons (Fsp3) is 0.409. The van der Waals surface area contributed by atoms with Crippen molar-refractivity contribution in [1.29, 1.82) is 0 Å². The highest BCUT2D eigenvalue weighted by molar-refractivity contribution is 6.06. The minimum Gasteiger partial charge on any atom is -0.481 e. The van der Waals surface area contributed by atoms with E-state index < -0.39 is 11.6 Å². The van der Waals surface area contributed by atoms with E-state index in [9.17, 15) is 9.59 Å². The third-order valence-electron chi connectivity index (χ3n) is 4.65. The minimum atomic E-state index is -0.522. The molecular formula is C22H26N2O5. The lowest BCUT2D eigenvalue weighted by molar-refractivity contribution is 0.0270. The highest BCUT2D eigenvalue weighted by Gasteiger charge is 2.25. The van der Waals surface area contributed by atoms with Crippen LogP contribution in [0.4, 0.5) is 4.79 Å². The van der Waals surface area contributed by atoms with Crippen LogP contribution >= 0.6 is 0 Å². The fourth-order valence-electron chi connectivity index (χ4n) is 3.27. The Balaban J connectivity index is 1.95. The van der Waals surface area contributed by atoms with E-state index in [1.54, 1.807) is 17.0 Å². The summed E-state index contributed by atoms with van der Waals surface area (Å²) in [7, 11) is 2.88. The molecule has 0 unspecified atom stereocenters. The number of pyridine rings is 1. The van der Waals surface area contributed by atoms with Gasteiger partial charge in [0, 0.05) is 24.5 Å². The Morgan fingerprint density at radius 2 is 1.86 bits per heavy atom. The number of benzene rings is 1. The maximum atomic E-state index is 12.3. The Morgan fingerprint density at radius 1 is 1.10 bits per heavy atom. The van der Waals surface area contributed by atoms with Gasteiger partial charge in [0.15, 0.2) is 0 Å². The van der Waals surface area contributed by atoms with Gasteiger partial charge in [-0.15, -0.1) is 0 Å². The van der Waals surface area contributed by atoms with Crippen molar-refractivity contribution in [2.45, 2.75) is 32.8 Å². The number of hydrogen-bond donors (Lipinski definition) is 0. The summed E-state index contributed by atoms with van der Waals surface area (Å²) in [6.07, 6.45) is 2.38. The highest BCUT2D eigenvalue weighted by atomic mass is 16.6. The second kappa shape index (κ2) is 8.11. The summed E-state index contributed by atoms with van der Waals surface area (Å²) in [5, 5.41) is 0.839. The molecular weight excluding hydrogens is 372 g/mol. The number of rotatable bonds is 3. The number of ether oxygens (including phenoxy) is 3. The van der Waals surface area contributed by atoms with Crippen molar-refractivity contribution in [1.82, 2.24) is 9.88 Å². The van der Waals surface area contributed by atoms with Crippen LogP contribution in [0.5, 0.6) is 5.88 Å². The molecule has 2 heterocycles. The van der Waals surface area contributed by atoms with Crippen LogP contribution in [0.3, 0.4) is 0 Å². The molecule has 7 heteroatoms. The number of aromatic nitrogens is 1. The van der Waals surface area contributed by atoms with Crippen molar-refractivity contribution in [2.75, 3.05) is 27.3 Å². The monoisotopic (exact) mass is 398 g/mol. The summed E-state index contributed by atoms with van der Waals surface area (Å²) >= 11 is 0. The van der Waals surface area contributed by atoms with Crippen molar-refractivity contribution in [3.63, 3.8) is 0 Å². The maximum Gasteiger partial charge on any atom is 0.410 e. The molecule has 29 heavy (non-hydrogen) atoms. The van der Waals surface area contributed by atoms with Crippen LogP contribution in [0.2, 0.25) is 0 Å². The highest BCUT2D eigenvalue weighted by Crippen LogP contribution is 2.32. The predicted molar refractivity (Wildman–Crippen MR) is 110 cm³/mol. The van der Waals surface area contributed by atoms with Gasteiger partial charge in [-0.3, -0.25) is 0 Å². The van der Waals surface area contributed by atoms with E-state index in [2.05, 4.69) is 4.98 Å². The molecule has 2 aromatic rings. The molecule has 0 N–H and O–H groups in total. The average molecular weight is 398 g/mol. The van der Waals surface area contributed by atoms with Gasteiger partial charge in [-0.2, -0.15) is 0 Å². The zero-order valence-corrected chi connectivity index (χ0v) is 17.4. The van der Waals surface area contributed by atoms with E-state index in [1.807, 2.05) is 39.0 Å². The molecule has 0 radical (unpaired) electrons. The lowest BCUT2D eigenvalue weighted by Crippen LogP contribution is -2.39. The van der Waals surface area contributed by atoms with Crippen LogP contribution < -0.4 is 4.74 Å². The second-order valence-electron chi connectivity index (χ2n) is 7.81. The van der Waals surface area contributed by atoms with Crippen LogP contribution in [-0.2, 0) is 9.47 Å². The molecule has 3 rings (SSSR count). The number of carbonyl (C=O) groups is 2. The van der Waals surface area contributed by atoms with Gasteiger partial charge in [-0.05, 0) is 50.5 Å². The molecule has 0 aliphatic carbocycles. The van der Waals surface area contributed by atoms with E-state index >= 15 is 0 Å². The fourth-order valence-corrected chi connectivity index (χ4v) is 3.27. The zero-order valence-electron chi connectivity index (χ0n) is 17.4. The molecule has 154 valence electrons. The first kappa shape index (κ1) is 20.6. The largest absolute Gasteiger partial charge is 0.481 e. The van der Waals surface area contributed by atoms with Crippen LogP contribution in [0.25, 0.3) is 16.5 Å². The number of nitrogens with zero attached hydrogens (tertiary/aromatic N) is 2. The Labute approximate surface area is 170 Å². The first-order chi connectivity index (χ1) is 13.7. The van der Waals surface area contributed by atoms with Gasteiger partial charge < -0.3 is 19.1 Å². The van der Waals surface area contributed by atoms with Crippen molar-refractivity contribution < 1.29 is 23.8 Å². The van der Waals surface area contributed by atoms with Crippen LogP contribution in [0.1, 0.15) is 43.1 Å². The number of carbonyl (C=O) groups excluding carboxylic acids is 2. The number of hydrogen-bond acceptors (Lipinski definition) is 6. The van der Waals surface area contributed by atoms with Gasteiger partial charge in [0.05, 0.1) is 25.3 Å². The standard InChI is InChI=1S/C22H26N2O5/c1-22(2,3)29-21(26)24-12-10-14(11-13-24)15-6-7-17(20(25)28-5)19-16(15)8-9-18(23-19)27-4/h6-10H,11-13H2,1-5H3. The Bertz CT molecular complexity index is 975. The van der Waals surface area contributed by atoms with Gasteiger partial charge >= 0.3 is 12.1 Å². The first-order valence-corrected chi connectivity index (χ1v) is 9.47. The maximum absolute atomic E-state index is 12.3. The summed E-state index contributed by atoms with van der Waals surface area (Å²) in [5.41, 5.74) is 2.47. The molecule has 0 atom stereocenters. The van der Waals surface area contributed by atoms with Gasteiger partial charge in [0.2, 0.25) is 5.88 Å². The molecule has 0 bridgehead atoms. The minimum absolute atomic E-state index is 0.315. The summed E-state index contributed by atoms with van der Waals surface area (Å²) in [5.74, 6) is -0.0236. The van der Waals surface area contributed by atoms with Crippen molar-refractivity contribution in [2.24, 2.45) is 0 Å². The number of methoxy groups -OCH3 is 2. The van der Waals surface area contributed by atoms with E-state index in [-0.39, 0.29) is 6.09 Å². The van der Waals surface area contributed by atoms with Crippen molar-refractivity contribution in [3.05, 3.63) is 41.5 Å². The smallest absolute Gasteiger partial charge is 0.410 e. The molecule has 0 spiro atoms. The Morgan fingerprint density at radius 3 is 2.45 bits per heavy atom. The van der Waals surface area contributed by atoms with Gasteiger partial charge in [0.1, 0.15) is 5.60 Å². The molecule has 1 aromatic heterocycles. The van der Waals surface area contributed by atoms with Crippen molar-refractivity contribution >= 4 is 28.5 Å². The SMILES string of the molecule is COC(=O)c1ccc(C2=CCN(C(=O)OC(C)(C)C)CC2)c2ccc(OC)nc12. The van der Waals surface area contributed by atoms with E-state index in [1.165, 1.54) is 14.2 Å². The summed E-state index contributed by atoms with van der Waals surface area (Å²) in [6, 6.07) is 7.28. The van der Waals surface area contributed by atoms with Gasteiger partial charge in [0.25, 0.3) is 0 Å². The van der Waals surface area contributed by atoms with Crippen LogP contribution in [-0.4, -0.2) is 54.9 Å². The zero-order chi connectivity index (χ0) is 21.2. The van der Waals surface area contributed by atoms with Crippen molar-refractivity contribution in [3.8, 4) is 5.88 Å². The normalized spacial score (nSPS) is 14.4. The summed E-state index contributed by atoms with van der Waals surface area (Å²) < 4.78 is 15.6. The Kier molecular flexibility index (Phi) is 5.77. The first-order valence-electron chi connectivity index (χ1n) is 9.47. The number of amides is 1. The second-order valence-corrected chi connectivity index (χ2v) is 7.81. The predicted octanol–water partition coefficient (Wildman–Crippen LogP) is 4.05. The molecule has 1 amide bonds. The summed E-state index contributed by atoms with van der Waals surface area (Å²) in [4.78, 5) is 30.6. The number of fused-ring (bicyclic) bond motifs is 1. The van der Waals surface area contributed by atoms with Crippen LogP contribution in [0, 0.1) is 0 Å². The molecule has 7 nitrogen and oxygen atoms in total. The van der Waals surface area contributed by atoms with E-state index in [0.717, 1.165) is 16.5 Å². The third-order valence-corrected chi connectivity index (χ3v) is 4.65. The van der Waals surface area contributed by atoms with Gasteiger partial charge in [-0.25, -0.2) is 14.6 Å². The molecule has 0 saturated heterocycles. The molecule has 1 aromatic carbocycles. The van der Waals surface area contributed by atoms with Gasteiger partial charge in [-0.1, -0.05) is 12.1 Å². The third kappa shape index (κ3) is 4.50. The van der Waals surface area contributed by atoms with Crippen LogP contribution in [0.15, 0.2) is 30.3 Å². The lowest BCUT2D eigenvalue weighted by atomic mass is 9.94. The average Bonchev–Trinajstić information content (AvgIpc) is 2.70. The topological polar surface area (TPSA) is 78.0 Å². The van der Waals surface area contributed by atoms with E-state index in [0.29, 0.717) is 36.5 Å². The molecule has 1 aliphatic rings. The Hall–Kier alpha value is -3.09. The summed E-state index contributed by atoms with van der Waals surface area (Å²) in [6.45, 7) is 6.59. The molecule has 1 aliphatic heterocycles. The molecule has 0 saturated carbocycles. The van der Waals surface area contributed by atoms with E-state index in [4.69, 9.17) is 14.2 Å². The molecule has 0 fully saturated rings. The number of esters is 1.